The molecule has 4 aromatic rings. The maximum atomic E-state index is 13.6. The fourth-order valence-electron chi connectivity index (χ4n) is 2.90. The predicted octanol–water partition coefficient (Wildman–Crippen LogP) is 4.21. The lowest BCUT2D eigenvalue weighted by Crippen LogP contribution is -2.12. The van der Waals surface area contributed by atoms with E-state index in [9.17, 15) is 14.0 Å². The number of hydrogen-bond donors (Lipinski definition) is 1. The van der Waals surface area contributed by atoms with Gasteiger partial charge in [0.15, 0.2) is 23.2 Å². The molecule has 0 saturated heterocycles. The Balaban J connectivity index is 1.37. The normalized spacial score (nSPS) is 10.6. The van der Waals surface area contributed by atoms with Gasteiger partial charge in [-0.2, -0.15) is 0 Å². The van der Waals surface area contributed by atoms with Gasteiger partial charge in [-0.25, -0.2) is 9.37 Å². The summed E-state index contributed by atoms with van der Waals surface area (Å²) in [5.74, 6) is -0.250. The first kappa shape index (κ1) is 20.1. The van der Waals surface area contributed by atoms with Gasteiger partial charge in [0, 0.05) is 30.7 Å². The number of furan rings is 1. The van der Waals surface area contributed by atoms with Crippen molar-refractivity contribution >= 4 is 17.4 Å². The molecule has 0 saturated carbocycles. The Bertz CT molecular complexity index is 1230. The number of benzene rings is 2. The highest BCUT2D eigenvalue weighted by Crippen LogP contribution is 2.19. The topological polar surface area (TPSA) is 86.4 Å². The van der Waals surface area contributed by atoms with Crippen LogP contribution < -0.4 is 10.1 Å². The SMILES string of the molecule is Cn1ccnc1C(=O)c1ccc(NC(=O)c2ccc(COc3ccccc3F)o2)cc1. The monoisotopic (exact) mass is 419 g/mol. The van der Waals surface area contributed by atoms with Crippen molar-refractivity contribution in [2.75, 3.05) is 5.32 Å². The average Bonchev–Trinajstić information content (AvgIpc) is 3.42. The third-order valence-electron chi connectivity index (χ3n) is 4.52. The third kappa shape index (κ3) is 4.53. The minimum absolute atomic E-state index is 0.0157. The maximum Gasteiger partial charge on any atom is 0.291 e. The van der Waals surface area contributed by atoms with Crippen molar-refractivity contribution in [3.63, 3.8) is 0 Å². The molecule has 2 aromatic carbocycles. The molecule has 0 aliphatic rings. The van der Waals surface area contributed by atoms with Crippen LogP contribution in [0.4, 0.5) is 10.1 Å². The highest BCUT2D eigenvalue weighted by Gasteiger charge is 2.15. The first-order valence-electron chi connectivity index (χ1n) is 9.41. The van der Waals surface area contributed by atoms with E-state index in [1.165, 1.54) is 18.2 Å². The number of aromatic nitrogens is 2. The molecular formula is C23H18FN3O4. The van der Waals surface area contributed by atoms with Gasteiger partial charge in [0.1, 0.15) is 12.4 Å². The number of aryl methyl sites for hydroxylation is 1. The minimum atomic E-state index is -0.475. The van der Waals surface area contributed by atoms with E-state index in [0.717, 1.165) is 0 Å². The largest absolute Gasteiger partial charge is 0.483 e. The molecule has 0 radical (unpaired) electrons. The number of imidazole rings is 1. The van der Waals surface area contributed by atoms with Crippen molar-refractivity contribution in [3.8, 4) is 5.75 Å². The van der Waals surface area contributed by atoms with Crippen LogP contribution in [0.5, 0.6) is 5.75 Å². The fraction of sp³-hybridized carbons (Fsp3) is 0.0870. The zero-order chi connectivity index (χ0) is 21.8. The number of amides is 1. The minimum Gasteiger partial charge on any atom is -0.483 e. The lowest BCUT2D eigenvalue weighted by Gasteiger charge is -2.06. The van der Waals surface area contributed by atoms with Crippen LogP contribution in [0.3, 0.4) is 0 Å². The van der Waals surface area contributed by atoms with Crippen LogP contribution in [0, 0.1) is 5.82 Å². The number of hydrogen-bond acceptors (Lipinski definition) is 5. The summed E-state index contributed by atoms with van der Waals surface area (Å²) >= 11 is 0. The second kappa shape index (κ2) is 8.66. The van der Waals surface area contributed by atoms with Gasteiger partial charge in [-0.05, 0) is 48.5 Å². The molecule has 156 valence electrons. The number of para-hydroxylation sites is 1. The number of nitrogens with zero attached hydrogens (tertiary/aromatic N) is 2. The number of anilines is 1. The maximum absolute atomic E-state index is 13.6. The fourth-order valence-corrected chi connectivity index (χ4v) is 2.90. The van der Waals surface area contributed by atoms with Crippen molar-refractivity contribution in [2.45, 2.75) is 6.61 Å². The highest BCUT2D eigenvalue weighted by molar-refractivity contribution is 6.07. The van der Waals surface area contributed by atoms with E-state index in [2.05, 4.69) is 10.3 Å². The smallest absolute Gasteiger partial charge is 0.291 e. The Morgan fingerprint density at radius 1 is 1.10 bits per heavy atom. The van der Waals surface area contributed by atoms with Gasteiger partial charge in [0.25, 0.3) is 5.91 Å². The zero-order valence-electron chi connectivity index (χ0n) is 16.5. The second-order valence-electron chi connectivity index (χ2n) is 6.71. The molecule has 31 heavy (non-hydrogen) atoms. The molecule has 1 amide bonds. The Hall–Kier alpha value is -4.20. The number of ketones is 1. The number of rotatable bonds is 7. The summed E-state index contributed by atoms with van der Waals surface area (Å²) < 4.78 is 26.1. The van der Waals surface area contributed by atoms with Gasteiger partial charge in [-0.1, -0.05) is 12.1 Å². The van der Waals surface area contributed by atoms with Crippen molar-refractivity contribution < 1.29 is 23.1 Å². The van der Waals surface area contributed by atoms with Gasteiger partial charge in [0.2, 0.25) is 5.78 Å². The standard InChI is InChI=1S/C23H18FN3O4/c1-27-13-12-25-22(27)21(28)15-6-8-16(9-7-15)26-23(29)20-11-10-17(31-20)14-30-19-5-3-2-4-18(19)24/h2-13H,14H2,1H3,(H,26,29). The summed E-state index contributed by atoms with van der Waals surface area (Å²) in [6.45, 7) is -0.0157. The molecule has 7 nitrogen and oxygen atoms in total. The summed E-state index contributed by atoms with van der Waals surface area (Å²) in [5, 5.41) is 2.70. The first-order chi connectivity index (χ1) is 15.0. The lowest BCUT2D eigenvalue weighted by molar-refractivity contribution is 0.0991. The van der Waals surface area contributed by atoms with Crippen molar-refractivity contribution in [3.05, 3.63) is 102 Å². The summed E-state index contributed by atoms with van der Waals surface area (Å²) in [6, 6.07) is 15.6. The van der Waals surface area contributed by atoms with Crippen molar-refractivity contribution in [2.24, 2.45) is 7.05 Å². The molecule has 0 spiro atoms. The molecule has 1 N–H and O–H groups in total. The van der Waals surface area contributed by atoms with Crippen molar-refractivity contribution in [1.29, 1.82) is 0 Å². The Labute approximate surface area is 177 Å². The summed E-state index contributed by atoms with van der Waals surface area (Å²) in [4.78, 5) is 28.9. The Morgan fingerprint density at radius 3 is 2.58 bits per heavy atom. The van der Waals surface area contributed by atoms with Gasteiger partial charge in [-0.15, -0.1) is 0 Å². The molecule has 4 rings (SSSR count). The summed E-state index contributed by atoms with van der Waals surface area (Å²) in [6.07, 6.45) is 3.25. The van der Waals surface area contributed by atoms with E-state index < -0.39 is 11.7 Å². The van der Waals surface area contributed by atoms with Gasteiger partial charge in [0.05, 0.1) is 0 Å². The molecule has 0 bridgehead atoms. The van der Waals surface area contributed by atoms with E-state index in [1.54, 1.807) is 66.5 Å². The van der Waals surface area contributed by atoms with E-state index in [1.807, 2.05) is 0 Å². The summed E-state index contributed by atoms with van der Waals surface area (Å²) in [7, 11) is 1.74. The lowest BCUT2D eigenvalue weighted by atomic mass is 10.1. The number of carbonyl (C=O) groups is 2. The van der Waals surface area contributed by atoms with E-state index >= 15 is 0 Å². The highest BCUT2D eigenvalue weighted by atomic mass is 19.1. The average molecular weight is 419 g/mol. The molecule has 0 atom stereocenters. The van der Waals surface area contributed by atoms with Crippen molar-refractivity contribution in [1.82, 2.24) is 9.55 Å². The van der Waals surface area contributed by atoms with Crippen LogP contribution in [0.25, 0.3) is 0 Å². The van der Waals surface area contributed by atoms with Gasteiger partial charge >= 0.3 is 0 Å². The van der Waals surface area contributed by atoms with Crippen LogP contribution in [0.2, 0.25) is 0 Å². The number of nitrogens with one attached hydrogen (secondary N) is 1. The third-order valence-corrected chi connectivity index (χ3v) is 4.52. The number of halogens is 1. The molecule has 0 fully saturated rings. The van der Waals surface area contributed by atoms with E-state index in [-0.39, 0.29) is 23.9 Å². The molecule has 0 aliphatic carbocycles. The van der Waals surface area contributed by atoms with Crippen LogP contribution in [-0.4, -0.2) is 21.2 Å². The van der Waals surface area contributed by atoms with E-state index in [0.29, 0.717) is 22.8 Å². The molecule has 0 aliphatic heterocycles. The Kier molecular flexibility index (Phi) is 5.61. The molecule has 0 unspecified atom stereocenters. The quantitative estimate of drug-likeness (QED) is 0.454. The zero-order valence-corrected chi connectivity index (χ0v) is 16.5. The summed E-state index contributed by atoms with van der Waals surface area (Å²) in [5.41, 5.74) is 0.958. The van der Waals surface area contributed by atoms with Crippen LogP contribution in [0.15, 0.2) is 77.5 Å². The van der Waals surface area contributed by atoms with E-state index in [4.69, 9.17) is 9.15 Å². The van der Waals surface area contributed by atoms with Gasteiger partial charge < -0.3 is 19.0 Å². The van der Waals surface area contributed by atoms with Crippen LogP contribution in [0.1, 0.15) is 32.5 Å². The number of carbonyl (C=O) groups excluding carboxylic acids is 2. The van der Waals surface area contributed by atoms with Crippen LogP contribution >= 0.6 is 0 Å². The molecular weight excluding hydrogens is 401 g/mol. The van der Waals surface area contributed by atoms with Gasteiger partial charge in [-0.3, -0.25) is 9.59 Å². The second-order valence-corrected chi connectivity index (χ2v) is 6.71. The molecule has 2 aromatic heterocycles. The predicted molar refractivity (Wildman–Crippen MR) is 110 cm³/mol. The first-order valence-corrected chi connectivity index (χ1v) is 9.41. The van der Waals surface area contributed by atoms with Crippen LogP contribution in [-0.2, 0) is 13.7 Å². The molecule has 8 heteroatoms. The number of ether oxygens (including phenoxy) is 1. The molecule has 2 heterocycles. The Morgan fingerprint density at radius 2 is 1.87 bits per heavy atom.